The van der Waals surface area contributed by atoms with Gasteiger partial charge in [0.2, 0.25) is 0 Å². The Balaban J connectivity index is 1.62. The molecule has 0 radical (unpaired) electrons. The van der Waals surface area contributed by atoms with E-state index >= 15 is 0 Å². The average molecular weight is 366 g/mol. The third-order valence-corrected chi connectivity index (χ3v) is 4.65. The van der Waals surface area contributed by atoms with E-state index in [1.807, 2.05) is 49.4 Å². The molecule has 27 heavy (non-hydrogen) atoms. The van der Waals surface area contributed by atoms with Gasteiger partial charge in [-0.15, -0.1) is 0 Å². The fourth-order valence-electron chi connectivity index (χ4n) is 3.29. The SMILES string of the molecule is C/C=C/c1ccc(OCC(=O)Nc2ccc3c(c2)N(CC)CC3)c(OC)c1. The minimum Gasteiger partial charge on any atom is -0.493 e. The summed E-state index contributed by atoms with van der Waals surface area (Å²) in [6, 6.07) is 11.7. The minimum atomic E-state index is -0.199. The molecule has 0 aliphatic carbocycles. The molecule has 2 aromatic rings. The number of fused-ring (bicyclic) bond motifs is 1. The van der Waals surface area contributed by atoms with Crippen LogP contribution in [0.4, 0.5) is 11.4 Å². The molecule has 5 heteroatoms. The van der Waals surface area contributed by atoms with Gasteiger partial charge >= 0.3 is 0 Å². The number of allylic oxidation sites excluding steroid dienone is 1. The van der Waals surface area contributed by atoms with Gasteiger partial charge in [0.1, 0.15) is 0 Å². The van der Waals surface area contributed by atoms with Crippen LogP contribution in [0.15, 0.2) is 42.5 Å². The number of hydrogen-bond donors (Lipinski definition) is 1. The van der Waals surface area contributed by atoms with E-state index in [-0.39, 0.29) is 12.5 Å². The number of carbonyl (C=O) groups excluding carboxylic acids is 1. The highest BCUT2D eigenvalue weighted by Gasteiger charge is 2.18. The van der Waals surface area contributed by atoms with Crippen LogP contribution in [-0.2, 0) is 11.2 Å². The highest BCUT2D eigenvalue weighted by atomic mass is 16.5. The number of benzene rings is 2. The number of amides is 1. The lowest BCUT2D eigenvalue weighted by atomic mass is 10.1. The zero-order valence-corrected chi connectivity index (χ0v) is 16.1. The van der Waals surface area contributed by atoms with Crippen LogP contribution in [0.3, 0.4) is 0 Å². The van der Waals surface area contributed by atoms with Crippen molar-refractivity contribution in [3.8, 4) is 11.5 Å². The first kappa shape index (κ1) is 18.8. The van der Waals surface area contributed by atoms with Crippen molar-refractivity contribution in [2.45, 2.75) is 20.3 Å². The summed E-state index contributed by atoms with van der Waals surface area (Å²) in [6.45, 7) is 6.03. The second-order valence-corrected chi connectivity index (χ2v) is 6.42. The second-order valence-electron chi connectivity index (χ2n) is 6.42. The number of likely N-dealkylation sites (N-methyl/N-ethyl adjacent to an activating group) is 1. The summed E-state index contributed by atoms with van der Waals surface area (Å²) in [4.78, 5) is 14.6. The molecular formula is C22H26N2O3. The predicted octanol–water partition coefficient (Wildman–Crippen LogP) is 4.13. The molecule has 1 heterocycles. The van der Waals surface area contributed by atoms with Crippen molar-refractivity contribution in [2.75, 3.05) is 37.0 Å². The molecule has 5 nitrogen and oxygen atoms in total. The normalized spacial score (nSPS) is 12.9. The fourth-order valence-corrected chi connectivity index (χ4v) is 3.29. The van der Waals surface area contributed by atoms with E-state index < -0.39 is 0 Å². The van der Waals surface area contributed by atoms with Gasteiger partial charge in [-0.3, -0.25) is 4.79 Å². The molecule has 0 atom stereocenters. The molecule has 1 N–H and O–H groups in total. The van der Waals surface area contributed by atoms with Gasteiger partial charge in [-0.25, -0.2) is 0 Å². The molecule has 0 fully saturated rings. The van der Waals surface area contributed by atoms with Crippen LogP contribution in [0.1, 0.15) is 25.0 Å². The van der Waals surface area contributed by atoms with Crippen molar-refractivity contribution < 1.29 is 14.3 Å². The van der Waals surface area contributed by atoms with E-state index in [0.29, 0.717) is 11.5 Å². The van der Waals surface area contributed by atoms with Crippen LogP contribution in [-0.4, -0.2) is 32.7 Å². The predicted molar refractivity (Wildman–Crippen MR) is 110 cm³/mol. The molecule has 1 aliphatic heterocycles. The number of ether oxygens (including phenoxy) is 2. The molecule has 0 saturated carbocycles. The Morgan fingerprint density at radius 2 is 2.07 bits per heavy atom. The summed E-state index contributed by atoms with van der Waals surface area (Å²) >= 11 is 0. The number of nitrogens with one attached hydrogen (secondary N) is 1. The van der Waals surface area contributed by atoms with Crippen molar-refractivity contribution in [1.82, 2.24) is 0 Å². The highest BCUT2D eigenvalue weighted by Crippen LogP contribution is 2.31. The maximum absolute atomic E-state index is 12.3. The topological polar surface area (TPSA) is 50.8 Å². The van der Waals surface area contributed by atoms with Gasteiger partial charge in [-0.2, -0.15) is 0 Å². The highest BCUT2D eigenvalue weighted by molar-refractivity contribution is 5.92. The monoisotopic (exact) mass is 366 g/mol. The van der Waals surface area contributed by atoms with Crippen molar-refractivity contribution >= 4 is 23.4 Å². The largest absolute Gasteiger partial charge is 0.493 e. The molecule has 142 valence electrons. The second kappa shape index (κ2) is 8.62. The third kappa shape index (κ3) is 4.42. The van der Waals surface area contributed by atoms with Gasteiger partial charge in [0.15, 0.2) is 18.1 Å². The molecule has 2 aromatic carbocycles. The van der Waals surface area contributed by atoms with Crippen LogP contribution in [0.2, 0.25) is 0 Å². The number of rotatable bonds is 7. The van der Waals surface area contributed by atoms with Crippen molar-refractivity contribution in [1.29, 1.82) is 0 Å². The lowest BCUT2D eigenvalue weighted by Gasteiger charge is -2.17. The van der Waals surface area contributed by atoms with E-state index in [9.17, 15) is 4.79 Å². The van der Waals surface area contributed by atoms with Gasteiger partial charge in [0.05, 0.1) is 7.11 Å². The van der Waals surface area contributed by atoms with Crippen LogP contribution in [0, 0.1) is 0 Å². The summed E-state index contributed by atoms with van der Waals surface area (Å²) in [6.07, 6.45) is 5.00. The first-order valence-corrected chi connectivity index (χ1v) is 9.25. The van der Waals surface area contributed by atoms with Crippen LogP contribution >= 0.6 is 0 Å². The number of hydrogen-bond acceptors (Lipinski definition) is 4. The van der Waals surface area contributed by atoms with E-state index in [4.69, 9.17) is 9.47 Å². The van der Waals surface area contributed by atoms with Crippen molar-refractivity contribution in [2.24, 2.45) is 0 Å². The number of nitrogens with zero attached hydrogens (tertiary/aromatic N) is 1. The summed E-state index contributed by atoms with van der Waals surface area (Å²) < 4.78 is 11.0. The Morgan fingerprint density at radius 3 is 2.81 bits per heavy atom. The number of carbonyl (C=O) groups is 1. The van der Waals surface area contributed by atoms with Gasteiger partial charge in [0.25, 0.3) is 5.91 Å². The van der Waals surface area contributed by atoms with Crippen molar-refractivity contribution in [3.63, 3.8) is 0 Å². The lowest BCUT2D eigenvalue weighted by molar-refractivity contribution is -0.118. The molecule has 0 spiro atoms. The van der Waals surface area contributed by atoms with E-state index in [2.05, 4.69) is 23.2 Å². The molecule has 1 aliphatic rings. The summed E-state index contributed by atoms with van der Waals surface area (Å²) in [5, 5.41) is 2.91. The van der Waals surface area contributed by atoms with Gasteiger partial charge < -0.3 is 19.7 Å². The summed E-state index contributed by atoms with van der Waals surface area (Å²) in [5.74, 6) is 0.956. The summed E-state index contributed by atoms with van der Waals surface area (Å²) in [5.41, 5.74) is 4.34. The number of methoxy groups -OCH3 is 1. The Kier molecular flexibility index (Phi) is 6.01. The van der Waals surface area contributed by atoms with Gasteiger partial charge in [-0.1, -0.05) is 24.3 Å². The summed E-state index contributed by atoms with van der Waals surface area (Å²) in [7, 11) is 1.59. The smallest absolute Gasteiger partial charge is 0.262 e. The Labute approximate surface area is 160 Å². The van der Waals surface area contributed by atoms with Gasteiger partial charge in [0, 0.05) is 24.5 Å². The standard InChI is InChI=1S/C22H26N2O3/c1-4-6-16-7-10-20(21(13-16)26-3)27-15-22(25)23-18-9-8-17-11-12-24(5-2)19(17)14-18/h4,6-10,13-14H,5,11-12,15H2,1-3H3,(H,23,25)/b6-4+. The molecule has 0 bridgehead atoms. The first-order chi connectivity index (χ1) is 13.1. The first-order valence-electron chi connectivity index (χ1n) is 9.25. The van der Waals surface area contributed by atoms with Gasteiger partial charge in [-0.05, 0) is 55.7 Å². The Hall–Kier alpha value is -2.95. The third-order valence-electron chi connectivity index (χ3n) is 4.65. The Bertz CT molecular complexity index is 845. The van der Waals surface area contributed by atoms with E-state index in [1.165, 1.54) is 11.3 Å². The molecule has 3 rings (SSSR count). The van der Waals surface area contributed by atoms with Crippen molar-refractivity contribution in [3.05, 3.63) is 53.6 Å². The number of anilines is 2. The zero-order valence-electron chi connectivity index (χ0n) is 16.1. The van der Waals surface area contributed by atoms with Crippen LogP contribution in [0.25, 0.3) is 6.08 Å². The maximum atomic E-state index is 12.3. The molecular weight excluding hydrogens is 340 g/mol. The average Bonchev–Trinajstić information content (AvgIpc) is 3.09. The maximum Gasteiger partial charge on any atom is 0.262 e. The molecule has 1 amide bonds. The Morgan fingerprint density at radius 1 is 1.22 bits per heavy atom. The molecule has 0 aromatic heterocycles. The van der Waals surface area contributed by atoms with E-state index in [0.717, 1.165) is 30.8 Å². The molecule has 0 saturated heterocycles. The zero-order chi connectivity index (χ0) is 19.2. The molecule has 0 unspecified atom stereocenters. The quantitative estimate of drug-likeness (QED) is 0.801. The van der Waals surface area contributed by atoms with E-state index in [1.54, 1.807) is 7.11 Å². The fraction of sp³-hybridized carbons (Fsp3) is 0.318. The van der Waals surface area contributed by atoms with Crippen LogP contribution < -0.4 is 19.7 Å². The lowest BCUT2D eigenvalue weighted by Crippen LogP contribution is -2.21. The van der Waals surface area contributed by atoms with Crippen LogP contribution in [0.5, 0.6) is 11.5 Å². The minimum absolute atomic E-state index is 0.0755.